The number of nitrogens with zero attached hydrogens (tertiary/aromatic N) is 3. The molecule has 6 heteroatoms. The van der Waals surface area contributed by atoms with Crippen LogP contribution >= 0.6 is 11.8 Å². The second-order valence-corrected chi connectivity index (χ2v) is 6.88. The van der Waals surface area contributed by atoms with Gasteiger partial charge in [0.2, 0.25) is 0 Å². The number of aromatic nitrogens is 2. The molecule has 2 rings (SSSR count). The lowest BCUT2D eigenvalue weighted by atomic mass is 10.2. The van der Waals surface area contributed by atoms with Gasteiger partial charge in [-0.25, -0.2) is 9.97 Å². The quantitative estimate of drug-likeness (QED) is 0.872. The van der Waals surface area contributed by atoms with E-state index >= 15 is 0 Å². The average Bonchev–Trinajstić information content (AvgIpc) is 2.48. The zero-order valence-corrected chi connectivity index (χ0v) is 14.2. The van der Waals surface area contributed by atoms with Gasteiger partial charge in [0.05, 0.1) is 0 Å². The topological polar surface area (TPSA) is 50.3 Å². The molecule has 1 saturated heterocycles. The van der Waals surface area contributed by atoms with Crippen LogP contribution in [0.4, 0.5) is 11.6 Å². The summed E-state index contributed by atoms with van der Waals surface area (Å²) in [6.45, 7) is 9.11. The molecule has 1 fully saturated rings. The molecule has 0 aromatic carbocycles. The van der Waals surface area contributed by atoms with Crippen LogP contribution in [0.15, 0.2) is 6.07 Å². The molecule has 1 N–H and O–H groups in total. The van der Waals surface area contributed by atoms with Crippen molar-refractivity contribution in [1.29, 1.82) is 0 Å². The van der Waals surface area contributed by atoms with Gasteiger partial charge in [0.25, 0.3) is 0 Å². The van der Waals surface area contributed by atoms with Gasteiger partial charge in [-0.3, -0.25) is 0 Å². The van der Waals surface area contributed by atoms with Crippen LogP contribution in [-0.4, -0.2) is 47.2 Å². The van der Waals surface area contributed by atoms with Gasteiger partial charge in [0.1, 0.15) is 18.2 Å². The first-order valence-corrected chi connectivity index (χ1v) is 8.69. The predicted octanol–water partition coefficient (Wildman–Crippen LogP) is 2.78. The third-order valence-corrected chi connectivity index (χ3v) is 5.10. The van der Waals surface area contributed by atoms with E-state index in [1.165, 1.54) is 0 Å². The minimum atomic E-state index is 0.446. The Balaban J connectivity index is 2.25. The van der Waals surface area contributed by atoms with Crippen molar-refractivity contribution in [1.82, 2.24) is 9.97 Å². The third-order valence-electron chi connectivity index (χ3n) is 3.77. The predicted molar refractivity (Wildman–Crippen MR) is 90.3 cm³/mol. The molecular formula is C15H26N4OS. The summed E-state index contributed by atoms with van der Waals surface area (Å²) in [7, 11) is 1.68. The fraction of sp³-hybridized carbons (Fsp3) is 0.733. The highest BCUT2D eigenvalue weighted by atomic mass is 32.2. The van der Waals surface area contributed by atoms with Crippen LogP contribution in [0.25, 0.3) is 0 Å². The summed E-state index contributed by atoms with van der Waals surface area (Å²) in [5.41, 5.74) is 0. The highest BCUT2D eigenvalue weighted by Gasteiger charge is 2.26. The maximum absolute atomic E-state index is 5.20. The zero-order valence-electron chi connectivity index (χ0n) is 13.4. The van der Waals surface area contributed by atoms with Gasteiger partial charge in [0, 0.05) is 43.3 Å². The molecule has 5 nitrogen and oxygen atoms in total. The fourth-order valence-corrected chi connectivity index (χ4v) is 3.52. The molecule has 2 heterocycles. The second kappa shape index (κ2) is 7.84. The maximum atomic E-state index is 5.20. The number of nitrogens with one attached hydrogen (secondary N) is 1. The van der Waals surface area contributed by atoms with Crippen molar-refractivity contribution < 1.29 is 4.74 Å². The van der Waals surface area contributed by atoms with Crippen LogP contribution in [-0.2, 0) is 11.3 Å². The highest BCUT2D eigenvalue weighted by molar-refractivity contribution is 8.00. The van der Waals surface area contributed by atoms with Crippen molar-refractivity contribution in [3.8, 4) is 0 Å². The van der Waals surface area contributed by atoms with E-state index in [-0.39, 0.29) is 0 Å². The van der Waals surface area contributed by atoms with Gasteiger partial charge >= 0.3 is 0 Å². The lowest BCUT2D eigenvalue weighted by Gasteiger charge is -2.38. The Morgan fingerprint density at radius 1 is 1.43 bits per heavy atom. The number of rotatable bonds is 6. The van der Waals surface area contributed by atoms with Gasteiger partial charge in [-0.1, -0.05) is 13.8 Å². The minimum Gasteiger partial charge on any atom is -0.377 e. The van der Waals surface area contributed by atoms with Crippen LogP contribution in [0.5, 0.6) is 0 Å². The summed E-state index contributed by atoms with van der Waals surface area (Å²) in [6, 6.07) is 2.54. The Morgan fingerprint density at radius 2 is 2.24 bits per heavy atom. The number of anilines is 2. The van der Waals surface area contributed by atoms with Crippen LogP contribution < -0.4 is 10.2 Å². The lowest BCUT2D eigenvalue weighted by molar-refractivity contribution is 0.178. The second-order valence-electron chi connectivity index (χ2n) is 5.40. The summed E-state index contributed by atoms with van der Waals surface area (Å²) >= 11 is 2.03. The Bertz CT molecular complexity index is 457. The summed E-state index contributed by atoms with van der Waals surface area (Å²) in [6.07, 6.45) is 1.08. The number of methoxy groups -OCH3 is 1. The lowest BCUT2D eigenvalue weighted by Crippen LogP contribution is -2.45. The molecule has 2 atom stereocenters. The van der Waals surface area contributed by atoms with E-state index in [2.05, 4.69) is 47.0 Å². The van der Waals surface area contributed by atoms with Crippen molar-refractivity contribution in [3.05, 3.63) is 11.9 Å². The SMILES string of the molecule is CCCNc1cc(N2CCSC(C)C2C)nc(COC)n1. The zero-order chi connectivity index (χ0) is 15.2. The Labute approximate surface area is 131 Å². The fourth-order valence-electron chi connectivity index (χ4n) is 2.42. The van der Waals surface area contributed by atoms with Crippen molar-refractivity contribution in [2.24, 2.45) is 0 Å². The molecule has 2 unspecified atom stereocenters. The van der Waals surface area contributed by atoms with E-state index in [1.807, 2.05) is 11.8 Å². The summed E-state index contributed by atoms with van der Waals surface area (Å²) in [5.74, 6) is 3.79. The Kier molecular flexibility index (Phi) is 6.11. The van der Waals surface area contributed by atoms with Gasteiger partial charge in [0.15, 0.2) is 5.82 Å². The largest absolute Gasteiger partial charge is 0.377 e. The van der Waals surface area contributed by atoms with Crippen LogP contribution in [0.1, 0.15) is 33.0 Å². The smallest absolute Gasteiger partial charge is 0.158 e. The Hall–Kier alpha value is -1.01. The summed E-state index contributed by atoms with van der Waals surface area (Å²) in [5, 5.41) is 3.98. The molecule has 0 saturated carbocycles. The first-order valence-electron chi connectivity index (χ1n) is 7.64. The van der Waals surface area contributed by atoms with Crippen LogP contribution in [0.3, 0.4) is 0 Å². The van der Waals surface area contributed by atoms with Crippen molar-refractivity contribution >= 4 is 23.4 Å². The van der Waals surface area contributed by atoms with Gasteiger partial charge in [-0.2, -0.15) is 11.8 Å². The van der Waals surface area contributed by atoms with Crippen LogP contribution in [0, 0.1) is 0 Å². The molecule has 0 amide bonds. The van der Waals surface area contributed by atoms with E-state index in [4.69, 9.17) is 4.74 Å². The minimum absolute atomic E-state index is 0.446. The molecule has 1 aromatic heterocycles. The first kappa shape index (κ1) is 16.4. The average molecular weight is 310 g/mol. The highest BCUT2D eigenvalue weighted by Crippen LogP contribution is 2.29. The molecule has 1 aromatic rings. The number of hydrogen-bond donors (Lipinski definition) is 1. The molecule has 0 bridgehead atoms. The summed E-state index contributed by atoms with van der Waals surface area (Å²) in [4.78, 5) is 11.6. The molecule has 118 valence electrons. The normalized spacial score (nSPS) is 22.4. The van der Waals surface area contributed by atoms with Gasteiger partial charge in [-0.15, -0.1) is 0 Å². The maximum Gasteiger partial charge on any atom is 0.158 e. The van der Waals surface area contributed by atoms with Crippen LogP contribution in [0.2, 0.25) is 0 Å². The van der Waals surface area contributed by atoms with E-state index in [0.29, 0.717) is 17.9 Å². The van der Waals surface area contributed by atoms with E-state index in [0.717, 1.165) is 42.7 Å². The molecule has 0 spiro atoms. The van der Waals surface area contributed by atoms with Crippen molar-refractivity contribution in [3.63, 3.8) is 0 Å². The number of ether oxygens (including phenoxy) is 1. The van der Waals surface area contributed by atoms with E-state index in [9.17, 15) is 0 Å². The molecule has 0 radical (unpaired) electrons. The Morgan fingerprint density at radius 3 is 2.95 bits per heavy atom. The van der Waals surface area contributed by atoms with Crippen molar-refractivity contribution in [2.75, 3.05) is 36.2 Å². The molecule has 21 heavy (non-hydrogen) atoms. The molecule has 0 aliphatic carbocycles. The van der Waals surface area contributed by atoms with Gasteiger partial charge < -0.3 is 15.0 Å². The monoisotopic (exact) mass is 310 g/mol. The number of thioether (sulfide) groups is 1. The standard InChI is InChI=1S/C15H26N4OS/c1-5-6-16-13-9-15(18-14(17-13)10-20-4)19-7-8-21-12(3)11(19)2/h9,11-12H,5-8,10H2,1-4H3,(H,16,17,18). The van der Waals surface area contributed by atoms with Gasteiger partial charge in [-0.05, 0) is 13.3 Å². The third kappa shape index (κ3) is 4.23. The van der Waals surface area contributed by atoms with Crippen molar-refractivity contribution in [2.45, 2.75) is 45.1 Å². The first-order chi connectivity index (χ1) is 10.2. The molecular weight excluding hydrogens is 284 g/mol. The molecule has 1 aliphatic rings. The van der Waals surface area contributed by atoms with E-state index in [1.54, 1.807) is 7.11 Å². The number of hydrogen-bond acceptors (Lipinski definition) is 6. The molecule has 1 aliphatic heterocycles. The van der Waals surface area contributed by atoms with E-state index < -0.39 is 0 Å². The summed E-state index contributed by atoms with van der Waals surface area (Å²) < 4.78 is 5.20.